The number of hydrogen-bond acceptors (Lipinski definition) is 4. The first-order chi connectivity index (χ1) is 9.83. The van der Waals surface area contributed by atoms with E-state index in [-0.39, 0.29) is 6.61 Å². The molecule has 0 atom stereocenters. The van der Waals surface area contributed by atoms with Crippen molar-refractivity contribution in [2.24, 2.45) is 0 Å². The van der Waals surface area contributed by atoms with Crippen LogP contribution >= 0.6 is 0 Å². The summed E-state index contributed by atoms with van der Waals surface area (Å²) in [4.78, 5) is 0. The van der Waals surface area contributed by atoms with Gasteiger partial charge in [0.25, 0.3) is 0 Å². The van der Waals surface area contributed by atoms with E-state index < -0.39 is 0 Å². The Labute approximate surface area is 118 Å². The van der Waals surface area contributed by atoms with Crippen molar-refractivity contribution < 1.29 is 14.2 Å². The van der Waals surface area contributed by atoms with Crippen LogP contribution in [0.5, 0.6) is 17.2 Å². The minimum atomic E-state index is 0.00731. The van der Waals surface area contributed by atoms with Gasteiger partial charge in [0.1, 0.15) is 18.4 Å². The molecule has 0 amide bonds. The van der Waals surface area contributed by atoms with Crippen LogP contribution in [0.2, 0.25) is 0 Å². The zero-order valence-corrected chi connectivity index (χ0v) is 11.2. The summed E-state index contributed by atoms with van der Waals surface area (Å²) < 4.78 is 16.2. The van der Waals surface area contributed by atoms with Crippen molar-refractivity contribution in [3.05, 3.63) is 54.1 Å². The summed E-state index contributed by atoms with van der Waals surface area (Å²) in [6.07, 6.45) is 0. The molecule has 0 fully saturated rings. The Morgan fingerprint density at radius 3 is 2.50 bits per heavy atom. The molecule has 0 saturated heterocycles. The largest absolute Gasteiger partial charge is 0.493 e. The van der Waals surface area contributed by atoms with E-state index in [1.165, 1.54) is 0 Å². The van der Waals surface area contributed by atoms with Crippen LogP contribution in [0.25, 0.3) is 0 Å². The molecule has 102 valence electrons. The molecule has 0 bridgehead atoms. The smallest absolute Gasteiger partial charge is 0.174 e. The average Bonchev–Trinajstić information content (AvgIpc) is 2.52. The van der Waals surface area contributed by atoms with Crippen LogP contribution in [0.3, 0.4) is 0 Å². The highest BCUT2D eigenvalue weighted by atomic mass is 16.5. The SMILES string of the molecule is COc1cc(OCC#N)ccc1OCc1ccccc1. The number of hydrogen-bond donors (Lipinski definition) is 0. The maximum atomic E-state index is 8.49. The zero-order valence-electron chi connectivity index (χ0n) is 11.2. The van der Waals surface area contributed by atoms with Crippen molar-refractivity contribution in [2.75, 3.05) is 13.7 Å². The summed E-state index contributed by atoms with van der Waals surface area (Å²) in [6.45, 7) is 0.475. The molecular formula is C16H15NO3. The standard InChI is InChI=1S/C16H15NO3/c1-18-16-11-14(19-10-9-17)7-8-15(16)20-12-13-5-3-2-4-6-13/h2-8,11H,10,12H2,1H3. The highest BCUT2D eigenvalue weighted by Crippen LogP contribution is 2.31. The maximum absolute atomic E-state index is 8.49. The van der Waals surface area contributed by atoms with Gasteiger partial charge in [-0.2, -0.15) is 5.26 Å². The third-order valence-electron chi connectivity index (χ3n) is 2.68. The number of methoxy groups -OCH3 is 1. The van der Waals surface area contributed by atoms with Crippen molar-refractivity contribution in [3.63, 3.8) is 0 Å². The fourth-order valence-corrected chi connectivity index (χ4v) is 1.71. The minimum absolute atomic E-state index is 0.00731. The first kappa shape index (κ1) is 13.8. The summed E-state index contributed by atoms with van der Waals surface area (Å²) in [7, 11) is 1.57. The molecule has 0 aliphatic heterocycles. The third kappa shape index (κ3) is 3.66. The minimum Gasteiger partial charge on any atom is -0.493 e. The molecule has 4 nitrogen and oxygen atoms in total. The van der Waals surface area contributed by atoms with E-state index in [0.717, 1.165) is 5.56 Å². The van der Waals surface area contributed by atoms with Crippen LogP contribution in [0.1, 0.15) is 5.56 Å². The van der Waals surface area contributed by atoms with E-state index in [1.807, 2.05) is 36.4 Å². The summed E-state index contributed by atoms with van der Waals surface area (Å²) >= 11 is 0. The average molecular weight is 269 g/mol. The van der Waals surface area contributed by atoms with Gasteiger partial charge in [0.05, 0.1) is 7.11 Å². The summed E-state index contributed by atoms with van der Waals surface area (Å²) in [5, 5.41) is 8.49. The Kier molecular flexibility index (Phi) is 4.85. The van der Waals surface area contributed by atoms with E-state index >= 15 is 0 Å². The highest BCUT2D eigenvalue weighted by Gasteiger charge is 2.06. The van der Waals surface area contributed by atoms with Crippen molar-refractivity contribution in [1.82, 2.24) is 0 Å². The molecule has 0 saturated carbocycles. The quantitative estimate of drug-likeness (QED) is 0.808. The fraction of sp³-hybridized carbons (Fsp3) is 0.188. The van der Waals surface area contributed by atoms with E-state index in [4.69, 9.17) is 19.5 Å². The first-order valence-corrected chi connectivity index (χ1v) is 6.18. The summed E-state index contributed by atoms with van der Waals surface area (Å²) in [5.41, 5.74) is 1.08. The number of benzene rings is 2. The van der Waals surface area contributed by atoms with Crippen molar-refractivity contribution in [3.8, 4) is 23.3 Å². The second kappa shape index (κ2) is 7.05. The summed E-state index contributed by atoms with van der Waals surface area (Å²) in [6, 6.07) is 17.0. The molecule has 0 aliphatic rings. The van der Waals surface area contributed by atoms with Crippen LogP contribution in [-0.2, 0) is 6.61 Å². The van der Waals surface area contributed by atoms with E-state index in [1.54, 1.807) is 25.3 Å². The second-order valence-electron chi connectivity index (χ2n) is 4.03. The van der Waals surface area contributed by atoms with Gasteiger partial charge in [0, 0.05) is 6.07 Å². The van der Waals surface area contributed by atoms with Gasteiger partial charge in [0.15, 0.2) is 18.1 Å². The highest BCUT2D eigenvalue weighted by molar-refractivity contribution is 5.45. The van der Waals surface area contributed by atoms with Gasteiger partial charge >= 0.3 is 0 Å². The van der Waals surface area contributed by atoms with Gasteiger partial charge in [0.2, 0.25) is 0 Å². The molecule has 0 radical (unpaired) electrons. The van der Waals surface area contributed by atoms with E-state index in [2.05, 4.69) is 0 Å². The number of ether oxygens (including phenoxy) is 3. The van der Waals surface area contributed by atoms with Crippen LogP contribution in [0, 0.1) is 11.3 Å². The van der Waals surface area contributed by atoms with Gasteiger partial charge in [-0.3, -0.25) is 0 Å². The van der Waals surface area contributed by atoms with Crippen LogP contribution < -0.4 is 14.2 Å². The topological polar surface area (TPSA) is 51.5 Å². The molecule has 2 rings (SSSR count). The number of rotatable bonds is 6. The van der Waals surface area contributed by atoms with E-state index in [9.17, 15) is 0 Å². The lowest BCUT2D eigenvalue weighted by Gasteiger charge is -2.12. The van der Waals surface area contributed by atoms with Crippen LogP contribution in [0.15, 0.2) is 48.5 Å². The molecule has 0 unspecified atom stereocenters. The van der Waals surface area contributed by atoms with Crippen LogP contribution in [0.4, 0.5) is 0 Å². The monoisotopic (exact) mass is 269 g/mol. The van der Waals surface area contributed by atoms with Gasteiger partial charge in [-0.1, -0.05) is 30.3 Å². The lowest BCUT2D eigenvalue weighted by Crippen LogP contribution is -1.99. The first-order valence-electron chi connectivity index (χ1n) is 6.18. The molecule has 4 heteroatoms. The lowest BCUT2D eigenvalue weighted by molar-refractivity contribution is 0.282. The lowest BCUT2D eigenvalue weighted by atomic mass is 10.2. The maximum Gasteiger partial charge on any atom is 0.174 e. The van der Waals surface area contributed by atoms with Gasteiger partial charge in [-0.15, -0.1) is 0 Å². The molecule has 0 N–H and O–H groups in total. The molecule has 0 aliphatic carbocycles. The Hall–Kier alpha value is -2.67. The molecular weight excluding hydrogens is 254 g/mol. The molecule has 0 heterocycles. The van der Waals surface area contributed by atoms with Gasteiger partial charge in [-0.05, 0) is 17.7 Å². The third-order valence-corrected chi connectivity index (χ3v) is 2.68. The molecule has 2 aromatic carbocycles. The zero-order chi connectivity index (χ0) is 14.2. The Balaban J connectivity index is 2.06. The van der Waals surface area contributed by atoms with Gasteiger partial charge in [-0.25, -0.2) is 0 Å². The van der Waals surface area contributed by atoms with Crippen molar-refractivity contribution in [2.45, 2.75) is 6.61 Å². The molecule has 20 heavy (non-hydrogen) atoms. The Morgan fingerprint density at radius 2 is 1.80 bits per heavy atom. The summed E-state index contributed by atoms with van der Waals surface area (Å²) in [5.74, 6) is 1.80. The number of nitriles is 1. The van der Waals surface area contributed by atoms with Crippen molar-refractivity contribution in [1.29, 1.82) is 5.26 Å². The van der Waals surface area contributed by atoms with E-state index in [0.29, 0.717) is 23.9 Å². The molecule has 0 aromatic heterocycles. The van der Waals surface area contributed by atoms with Crippen molar-refractivity contribution >= 4 is 0 Å². The Bertz CT molecular complexity index is 590. The fourth-order valence-electron chi connectivity index (χ4n) is 1.71. The van der Waals surface area contributed by atoms with Crippen LogP contribution in [-0.4, -0.2) is 13.7 Å². The Morgan fingerprint density at radius 1 is 1.00 bits per heavy atom. The molecule has 2 aromatic rings. The molecule has 0 spiro atoms. The predicted octanol–water partition coefficient (Wildman–Crippen LogP) is 3.18. The second-order valence-corrected chi connectivity index (χ2v) is 4.03. The predicted molar refractivity (Wildman–Crippen MR) is 74.9 cm³/mol. The van der Waals surface area contributed by atoms with Gasteiger partial charge < -0.3 is 14.2 Å². The normalized spacial score (nSPS) is 9.60. The number of nitrogens with zero attached hydrogens (tertiary/aromatic N) is 1.